The Labute approximate surface area is 132 Å². The summed E-state index contributed by atoms with van der Waals surface area (Å²) < 4.78 is 66.5. The van der Waals surface area contributed by atoms with E-state index in [4.69, 9.17) is 0 Å². The second-order valence-electron chi connectivity index (χ2n) is 5.36. The molecule has 0 atom stereocenters. The van der Waals surface area contributed by atoms with Gasteiger partial charge < -0.3 is 0 Å². The van der Waals surface area contributed by atoms with Crippen LogP contribution in [0.25, 0.3) is 0 Å². The fourth-order valence-electron chi connectivity index (χ4n) is 2.21. The van der Waals surface area contributed by atoms with E-state index >= 15 is 0 Å². The summed E-state index contributed by atoms with van der Waals surface area (Å²) in [4.78, 5) is -0.769. The van der Waals surface area contributed by atoms with Crippen LogP contribution >= 0.6 is 11.8 Å². The first-order chi connectivity index (χ1) is 10.4. The third-order valence-electron chi connectivity index (χ3n) is 3.56. The van der Waals surface area contributed by atoms with Crippen LogP contribution in [0.1, 0.15) is 52.4 Å². The average molecular weight is 340 g/mol. The topological polar surface area (TPSA) is 0 Å². The van der Waals surface area contributed by atoms with Gasteiger partial charge in [-0.3, -0.25) is 0 Å². The molecular weight excluding hydrogens is 319 g/mol. The molecule has 0 spiro atoms. The van der Waals surface area contributed by atoms with E-state index in [0.717, 1.165) is 50.3 Å². The first-order valence-corrected chi connectivity index (χ1v) is 8.56. The molecule has 22 heavy (non-hydrogen) atoms. The molecule has 0 N–H and O–H groups in total. The van der Waals surface area contributed by atoms with Crippen molar-refractivity contribution >= 4 is 11.8 Å². The molecule has 0 saturated heterocycles. The van der Waals surface area contributed by atoms with Crippen molar-refractivity contribution in [3.63, 3.8) is 0 Å². The highest BCUT2D eigenvalue weighted by atomic mass is 32.2. The van der Waals surface area contributed by atoms with Crippen molar-refractivity contribution in [2.75, 3.05) is 5.75 Å². The van der Waals surface area contributed by atoms with Crippen LogP contribution in [-0.4, -0.2) is 5.75 Å². The lowest BCUT2D eigenvalue weighted by atomic mass is 9.98. The van der Waals surface area contributed by atoms with Crippen molar-refractivity contribution in [1.82, 2.24) is 0 Å². The Hall–Kier alpha value is -0.780. The molecule has 0 heterocycles. The van der Waals surface area contributed by atoms with E-state index < -0.39 is 34.0 Å². The number of benzene rings is 1. The molecule has 0 aromatic heterocycles. The summed E-state index contributed by atoms with van der Waals surface area (Å²) in [5, 5.41) is 0. The van der Waals surface area contributed by atoms with E-state index in [2.05, 4.69) is 0 Å². The second kappa shape index (κ2) is 9.38. The Balaban J connectivity index is 2.84. The van der Waals surface area contributed by atoms with E-state index in [1.807, 2.05) is 13.8 Å². The normalized spacial score (nSPS) is 11.5. The smallest absolute Gasteiger partial charge is 0.200 e. The number of halogens is 5. The zero-order valence-corrected chi connectivity index (χ0v) is 13.6. The quantitative estimate of drug-likeness (QED) is 0.215. The van der Waals surface area contributed by atoms with Gasteiger partial charge in [-0.25, -0.2) is 22.0 Å². The van der Waals surface area contributed by atoms with E-state index in [9.17, 15) is 22.0 Å². The van der Waals surface area contributed by atoms with Gasteiger partial charge in [0.05, 0.1) is 4.90 Å². The van der Waals surface area contributed by atoms with E-state index in [0.29, 0.717) is 5.75 Å². The van der Waals surface area contributed by atoms with E-state index in [1.54, 1.807) is 0 Å². The van der Waals surface area contributed by atoms with Crippen LogP contribution in [-0.2, 0) is 0 Å². The fraction of sp³-hybridized carbons (Fsp3) is 0.625. The zero-order chi connectivity index (χ0) is 16.7. The molecule has 0 aliphatic rings. The van der Waals surface area contributed by atoms with Crippen molar-refractivity contribution in [2.45, 2.75) is 57.3 Å². The minimum atomic E-state index is -2.10. The highest BCUT2D eigenvalue weighted by Crippen LogP contribution is 2.33. The highest BCUT2D eigenvalue weighted by molar-refractivity contribution is 7.99. The summed E-state index contributed by atoms with van der Waals surface area (Å²) in [5.74, 6) is -8.73. The van der Waals surface area contributed by atoms with Crippen LogP contribution in [0.2, 0.25) is 0 Å². The molecule has 0 aliphatic heterocycles. The largest absolute Gasteiger partial charge is 0.202 e. The Bertz CT molecular complexity index is 453. The minimum Gasteiger partial charge on any atom is -0.202 e. The van der Waals surface area contributed by atoms with Crippen LogP contribution in [0.3, 0.4) is 0 Å². The van der Waals surface area contributed by atoms with Gasteiger partial charge in [-0.2, -0.15) is 0 Å². The summed E-state index contributed by atoms with van der Waals surface area (Å²) in [5.41, 5.74) is 0. The standard InChI is InChI=1S/C16H21F5S/c1-3-5-7-10(8-6-4-2)9-22-16-14(20)12(18)11(17)13(19)15(16)21/h10H,3-9H2,1-2H3. The molecule has 0 radical (unpaired) electrons. The lowest BCUT2D eigenvalue weighted by Crippen LogP contribution is -2.07. The maximum absolute atomic E-state index is 13.6. The van der Waals surface area contributed by atoms with Crippen LogP contribution in [0.15, 0.2) is 4.90 Å². The fourth-order valence-corrected chi connectivity index (χ4v) is 3.38. The third kappa shape index (κ3) is 4.86. The van der Waals surface area contributed by atoms with Crippen LogP contribution in [0.4, 0.5) is 22.0 Å². The molecular formula is C16H21F5S. The number of unbranched alkanes of at least 4 members (excludes halogenated alkanes) is 2. The Morgan fingerprint density at radius 3 is 1.55 bits per heavy atom. The van der Waals surface area contributed by atoms with Crippen LogP contribution in [0.5, 0.6) is 0 Å². The number of rotatable bonds is 9. The Kier molecular flexibility index (Phi) is 8.21. The minimum absolute atomic E-state index is 0.222. The molecule has 1 rings (SSSR count). The van der Waals surface area contributed by atoms with Crippen LogP contribution in [0, 0.1) is 35.0 Å². The molecule has 0 bridgehead atoms. The number of thioether (sulfide) groups is 1. The monoisotopic (exact) mass is 340 g/mol. The molecule has 126 valence electrons. The molecule has 0 nitrogen and oxygen atoms in total. The molecule has 1 aromatic carbocycles. The van der Waals surface area contributed by atoms with E-state index in [1.165, 1.54) is 0 Å². The second-order valence-corrected chi connectivity index (χ2v) is 6.39. The molecule has 0 saturated carbocycles. The summed E-state index contributed by atoms with van der Waals surface area (Å²) in [6, 6.07) is 0. The van der Waals surface area contributed by atoms with Gasteiger partial charge in [0.1, 0.15) is 0 Å². The van der Waals surface area contributed by atoms with Gasteiger partial charge in [0.2, 0.25) is 5.82 Å². The van der Waals surface area contributed by atoms with Crippen LogP contribution < -0.4 is 0 Å². The van der Waals surface area contributed by atoms with Gasteiger partial charge in [-0.05, 0) is 18.8 Å². The first-order valence-electron chi connectivity index (χ1n) is 7.58. The summed E-state index contributed by atoms with van der Waals surface area (Å²) in [6.45, 7) is 4.10. The van der Waals surface area contributed by atoms with Crippen molar-refractivity contribution < 1.29 is 22.0 Å². The summed E-state index contributed by atoms with van der Waals surface area (Å²) in [7, 11) is 0. The molecule has 0 unspecified atom stereocenters. The maximum Gasteiger partial charge on any atom is 0.200 e. The number of hydrogen-bond acceptors (Lipinski definition) is 1. The van der Waals surface area contributed by atoms with Crippen molar-refractivity contribution in [1.29, 1.82) is 0 Å². The SMILES string of the molecule is CCCCC(CCCC)CSc1c(F)c(F)c(F)c(F)c1F. The van der Waals surface area contributed by atoms with Gasteiger partial charge in [0, 0.05) is 5.75 Å². The third-order valence-corrected chi connectivity index (χ3v) is 4.85. The lowest BCUT2D eigenvalue weighted by molar-refractivity contribution is 0.360. The molecule has 0 aliphatic carbocycles. The lowest BCUT2D eigenvalue weighted by Gasteiger charge is -2.16. The van der Waals surface area contributed by atoms with Gasteiger partial charge >= 0.3 is 0 Å². The van der Waals surface area contributed by atoms with Crippen molar-refractivity contribution in [3.05, 3.63) is 29.1 Å². The zero-order valence-electron chi connectivity index (χ0n) is 12.8. The summed E-state index contributed by atoms with van der Waals surface area (Å²) in [6.07, 6.45) is 5.81. The van der Waals surface area contributed by atoms with Crippen molar-refractivity contribution in [2.24, 2.45) is 5.92 Å². The molecule has 6 heteroatoms. The Morgan fingerprint density at radius 2 is 1.14 bits per heavy atom. The number of hydrogen-bond donors (Lipinski definition) is 0. The van der Waals surface area contributed by atoms with Crippen molar-refractivity contribution in [3.8, 4) is 0 Å². The maximum atomic E-state index is 13.6. The van der Waals surface area contributed by atoms with Gasteiger partial charge in [0.15, 0.2) is 23.3 Å². The first kappa shape index (κ1) is 19.3. The predicted molar refractivity (Wildman–Crippen MR) is 79.5 cm³/mol. The molecule has 0 amide bonds. The summed E-state index contributed by atoms with van der Waals surface area (Å²) >= 11 is 0.723. The molecule has 1 aromatic rings. The van der Waals surface area contributed by atoms with Gasteiger partial charge in [-0.1, -0.05) is 39.5 Å². The Morgan fingerprint density at radius 1 is 0.727 bits per heavy atom. The predicted octanol–water partition coefficient (Wildman–Crippen LogP) is 6.47. The van der Waals surface area contributed by atoms with Gasteiger partial charge in [-0.15, -0.1) is 11.8 Å². The average Bonchev–Trinajstić information content (AvgIpc) is 2.52. The molecule has 0 fully saturated rings. The van der Waals surface area contributed by atoms with Gasteiger partial charge in [0.25, 0.3) is 0 Å². The van der Waals surface area contributed by atoms with E-state index in [-0.39, 0.29) is 5.92 Å². The highest BCUT2D eigenvalue weighted by Gasteiger charge is 2.26.